The zero-order valence-corrected chi connectivity index (χ0v) is 13.2. The molecule has 0 radical (unpaired) electrons. The first-order valence-corrected chi connectivity index (χ1v) is 7.09. The highest BCUT2D eigenvalue weighted by atomic mass is 16.5. The van der Waals surface area contributed by atoms with Crippen LogP contribution in [-0.2, 0) is 0 Å². The van der Waals surface area contributed by atoms with Crippen molar-refractivity contribution in [3.8, 4) is 5.75 Å². The molecule has 3 heteroatoms. The summed E-state index contributed by atoms with van der Waals surface area (Å²) in [4.78, 5) is 2.46. The number of hydrogen-bond acceptors (Lipinski definition) is 3. The Kier molecular flexibility index (Phi) is 6.32. The monoisotopic (exact) mass is 264 g/mol. The fourth-order valence-corrected chi connectivity index (χ4v) is 2.41. The van der Waals surface area contributed by atoms with E-state index in [0.717, 1.165) is 18.8 Å². The largest absolute Gasteiger partial charge is 0.496 e. The van der Waals surface area contributed by atoms with Gasteiger partial charge in [-0.15, -0.1) is 0 Å². The first-order chi connectivity index (χ1) is 9.03. The molecular formula is C16H28N2O. The number of ether oxygens (including phenoxy) is 1. The summed E-state index contributed by atoms with van der Waals surface area (Å²) in [5.74, 6) is 0.963. The van der Waals surface area contributed by atoms with Crippen LogP contribution in [0.25, 0.3) is 0 Å². The van der Waals surface area contributed by atoms with Gasteiger partial charge in [-0.1, -0.05) is 24.6 Å². The highest BCUT2D eigenvalue weighted by Gasteiger charge is 2.19. The van der Waals surface area contributed by atoms with Crippen molar-refractivity contribution in [3.05, 3.63) is 29.3 Å². The van der Waals surface area contributed by atoms with E-state index in [-0.39, 0.29) is 6.04 Å². The number of likely N-dealkylation sites (N-methyl/N-ethyl adjacent to an activating group) is 2. The third-order valence-corrected chi connectivity index (χ3v) is 3.66. The van der Waals surface area contributed by atoms with Crippen molar-refractivity contribution >= 4 is 0 Å². The zero-order chi connectivity index (χ0) is 14.4. The van der Waals surface area contributed by atoms with E-state index in [9.17, 15) is 0 Å². The first kappa shape index (κ1) is 16.0. The summed E-state index contributed by atoms with van der Waals surface area (Å²) in [5, 5.41) is 3.42. The van der Waals surface area contributed by atoms with Gasteiger partial charge in [0.25, 0.3) is 0 Å². The summed E-state index contributed by atoms with van der Waals surface area (Å²) in [6.45, 7) is 10.9. The molecule has 3 nitrogen and oxygen atoms in total. The second kappa shape index (κ2) is 7.51. The van der Waals surface area contributed by atoms with Crippen LogP contribution in [0, 0.1) is 6.92 Å². The molecule has 0 aliphatic heterocycles. The van der Waals surface area contributed by atoms with E-state index in [0.29, 0.717) is 6.04 Å². The summed E-state index contributed by atoms with van der Waals surface area (Å²) in [6, 6.07) is 7.21. The minimum atomic E-state index is 0.289. The van der Waals surface area contributed by atoms with Crippen LogP contribution in [0.3, 0.4) is 0 Å². The molecule has 1 aromatic carbocycles. The highest BCUT2D eigenvalue weighted by Crippen LogP contribution is 2.27. The summed E-state index contributed by atoms with van der Waals surface area (Å²) in [5.41, 5.74) is 2.51. The Balaban J connectivity index is 2.99. The van der Waals surface area contributed by atoms with Gasteiger partial charge in [-0.3, -0.25) is 4.90 Å². The summed E-state index contributed by atoms with van der Waals surface area (Å²) in [7, 11) is 3.75. The average molecular weight is 264 g/mol. The van der Waals surface area contributed by atoms with Crippen LogP contribution in [0.5, 0.6) is 5.75 Å². The molecule has 19 heavy (non-hydrogen) atoms. The molecule has 1 unspecified atom stereocenters. The number of methoxy groups -OCH3 is 1. The maximum Gasteiger partial charge on any atom is 0.123 e. The third-order valence-electron chi connectivity index (χ3n) is 3.66. The molecule has 0 heterocycles. The molecule has 1 rings (SSSR count). The zero-order valence-electron chi connectivity index (χ0n) is 13.2. The van der Waals surface area contributed by atoms with E-state index >= 15 is 0 Å². The van der Waals surface area contributed by atoms with Crippen molar-refractivity contribution in [3.63, 3.8) is 0 Å². The van der Waals surface area contributed by atoms with Gasteiger partial charge in [-0.05, 0) is 40.4 Å². The maximum absolute atomic E-state index is 5.50. The fraction of sp³-hybridized carbons (Fsp3) is 0.625. The van der Waals surface area contributed by atoms with Crippen molar-refractivity contribution in [1.82, 2.24) is 10.2 Å². The molecule has 1 N–H and O–H groups in total. The van der Waals surface area contributed by atoms with E-state index < -0.39 is 0 Å². The molecule has 0 fully saturated rings. The van der Waals surface area contributed by atoms with Crippen LogP contribution in [0.15, 0.2) is 18.2 Å². The molecule has 0 bridgehead atoms. The minimum absolute atomic E-state index is 0.289. The van der Waals surface area contributed by atoms with Crippen LogP contribution < -0.4 is 10.1 Å². The molecule has 0 aromatic heterocycles. The van der Waals surface area contributed by atoms with E-state index in [1.807, 2.05) is 7.05 Å². The number of nitrogens with one attached hydrogen (secondary N) is 1. The lowest BCUT2D eigenvalue weighted by Crippen LogP contribution is -2.38. The maximum atomic E-state index is 5.50. The molecule has 0 aliphatic carbocycles. The molecule has 1 atom stereocenters. The Morgan fingerprint density at radius 3 is 2.47 bits per heavy atom. The van der Waals surface area contributed by atoms with Crippen molar-refractivity contribution in [2.45, 2.75) is 39.8 Å². The summed E-state index contributed by atoms with van der Waals surface area (Å²) in [6.07, 6.45) is 0. The number of benzene rings is 1. The minimum Gasteiger partial charge on any atom is -0.496 e. The highest BCUT2D eigenvalue weighted by molar-refractivity contribution is 5.39. The Morgan fingerprint density at radius 2 is 2.00 bits per heavy atom. The Bertz CT molecular complexity index is 390. The number of aryl methyl sites for hydroxylation is 1. The van der Waals surface area contributed by atoms with Crippen molar-refractivity contribution in [1.29, 1.82) is 0 Å². The Morgan fingerprint density at radius 1 is 1.32 bits per heavy atom. The fourth-order valence-electron chi connectivity index (χ4n) is 2.41. The second-order valence-corrected chi connectivity index (χ2v) is 5.27. The first-order valence-electron chi connectivity index (χ1n) is 7.09. The summed E-state index contributed by atoms with van der Waals surface area (Å²) >= 11 is 0. The van der Waals surface area contributed by atoms with Gasteiger partial charge in [0.05, 0.1) is 7.11 Å². The van der Waals surface area contributed by atoms with Crippen LogP contribution in [-0.4, -0.2) is 38.2 Å². The van der Waals surface area contributed by atoms with Crippen LogP contribution in [0.4, 0.5) is 0 Å². The van der Waals surface area contributed by atoms with Gasteiger partial charge in [-0.25, -0.2) is 0 Å². The lowest BCUT2D eigenvalue weighted by atomic mass is 10.0. The number of hydrogen-bond donors (Lipinski definition) is 1. The third kappa shape index (κ3) is 4.22. The van der Waals surface area contributed by atoms with Crippen LogP contribution in [0.1, 0.15) is 37.9 Å². The predicted molar refractivity (Wildman–Crippen MR) is 81.9 cm³/mol. The molecule has 1 aromatic rings. The van der Waals surface area contributed by atoms with E-state index in [2.05, 4.69) is 56.1 Å². The lowest BCUT2D eigenvalue weighted by Gasteiger charge is -2.30. The van der Waals surface area contributed by atoms with E-state index in [1.54, 1.807) is 7.11 Å². The lowest BCUT2D eigenvalue weighted by molar-refractivity contribution is 0.209. The summed E-state index contributed by atoms with van der Waals surface area (Å²) < 4.78 is 5.50. The average Bonchev–Trinajstić information content (AvgIpc) is 2.39. The number of rotatable bonds is 7. The Labute approximate surface area is 118 Å². The van der Waals surface area contributed by atoms with Crippen molar-refractivity contribution in [2.24, 2.45) is 0 Å². The topological polar surface area (TPSA) is 24.5 Å². The van der Waals surface area contributed by atoms with Gasteiger partial charge in [0, 0.05) is 24.2 Å². The Hall–Kier alpha value is -1.06. The van der Waals surface area contributed by atoms with Crippen molar-refractivity contribution < 1.29 is 4.74 Å². The van der Waals surface area contributed by atoms with Crippen LogP contribution in [0.2, 0.25) is 0 Å². The van der Waals surface area contributed by atoms with Crippen LogP contribution >= 0.6 is 0 Å². The van der Waals surface area contributed by atoms with E-state index in [4.69, 9.17) is 4.74 Å². The molecule has 0 saturated heterocycles. The van der Waals surface area contributed by atoms with Gasteiger partial charge < -0.3 is 10.1 Å². The van der Waals surface area contributed by atoms with Gasteiger partial charge in [0.15, 0.2) is 0 Å². The second-order valence-electron chi connectivity index (χ2n) is 5.27. The SMILES string of the molecule is CCN(CC(NC)c1cc(C)ccc1OC)C(C)C. The molecule has 0 amide bonds. The standard InChI is InChI=1S/C16H28N2O/c1-7-18(12(2)3)11-15(17-5)14-10-13(4)8-9-16(14)19-6/h8-10,12,15,17H,7,11H2,1-6H3. The van der Waals surface area contributed by atoms with Crippen molar-refractivity contribution in [2.75, 3.05) is 27.2 Å². The van der Waals surface area contributed by atoms with Gasteiger partial charge in [0.2, 0.25) is 0 Å². The molecule has 108 valence electrons. The molecular weight excluding hydrogens is 236 g/mol. The predicted octanol–water partition coefficient (Wildman–Crippen LogP) is 2.99. The van der Waals surface area contributed by atoms with Gasteiger partial charge in [0.1, 0.15) is 5.75 Å². The normalized spacial score (nSPS) is 13.1. The molecule has 0 aliphatic rings. The smallest absolute Gasteiger partial charge is 0.123 e. The molecule has 0 saturated carbocycles. The van der Waals surface area contributed by atoms with E-state index in [1.165, 1.54) is 11.1 Å². The van der Waals surface area contributed by atoms with Gasteiger partial charge >= 0.3 is 0 Å². The quantitative estimate of drug-likeness (QED) is 0.819. The van der Waals surface area contributed by atoms with Gasteiger partial charge in [-0.2, -0.15) is 0 Å². The number of nitrogens with zero attached hydrogens (tertiary/aromatic N) is 1. The molecule has 0 spiro atoms.